The molecular formula is C24H30ClNO. The summed E-state index contributed by atoms with van der Waals surface area (Å²) in [4.78, 5) is 15.4. The minimum absolute atomic E-state index is 0. The standard InChI is InChI=1S/C24H29NO.ClH/c1-2-22(26)20-13-9-14-21(23(20)19-11-5-3-6-12-19)25-18-10-17-24(25)15-7-4-8-16-24;/h3,5-6,9,11-14H,2,4,7-8,10,15-18H2,1H3;1H. The minimum atomic E-state index is 0. The summed E-state index contributed by atoms with van der Waals surface area (Å²) >= 11 is 0. The number of rotatable bonds is 4. The van der Waals surface area contributed by atoms with Crippen molar-refractivity contribution < 1.29 is 4.79 Å². The predicted octanol–water partition coefficient (Wildman–Crippen LogP) is 6.67. The van der Waals surface area contributed by atoms with E-state index in [0.717, 1.165) is 23.2 Å². The lowest BCUT2D eigenvalue weighted by molar-refractivity contribution is 0.0988. The van der Waals surface area contributed by atoms with Crippen LogP contribution in [0.1, 0.15) is 68.6 Å². The molecule has 1 aliphatic carbocycles. The first kappa shape index (κ1) is 19.9. The Hall–Kier alpha value is -1.80. The summed E-state index contributed by atoms with van der Waals surface area (Å²) in [7, 11) is 0. The molecule has 2 aromatic rings. The van der Waals surface area contributed by atoms with Crippen LogP contribution in [0, 0.1) is 0 Å². The van der Waals surface area contributed by atoms with Crippen molar-refractivity contribution in [2.45, 2.75) is 63.8 Å². The van der Waals surface area contributed by atoms with E-state index in [4.69, 9.17) is 0 Å². The van der Waals surface area contributed by atoms with E-state index < -0.39 is 0 Å². The number of halogens is 1. The summed E-state index contributed by atoms with van der Waals surface area (Å²) in [6.07, 6.45) is 9.76. The van der Waals surface area contributed by atoms with Gasteiger partial charge in [-0.3, -0.25) is 4.79 Å². The monoisotopic (exact) mass is 383 g/mol. The first-order chi connectivity index (χ1) is 12.7. The number of benzene rings is 2. The van der Waals surface area contributed by atoms with E-state index in [0.29, 0.717) is 12.0 Å². The van der Waals surface area contributed by atoms with Gasteiger partial charge in [-0.25, -0.2) is 0 Å². The second kappa shape index (κ2) is 8.48. The van der Waals surface area contributed by atoms with Crippen molar-refractivity contribution in [3.8, 4) is 11.1 Å². The largest absolute Gasteiger partial charge is 0.365 e. The van der Waals surface area contributed by atoms with Gasteiger partial charge in [0.2, 0.25) is 0 Å². The van der Waals surface area contributed by atoms with E-state index in [1.54, 1.807) is 0 Å². The summed E-state index contributed by atoms with van der Waals surface area (Å²) < 4.78 is 0. The highest BCUT2D eigenvalue weighted by atomic mass is 35.5. The van der Waals surface area contributed by atoms with Crippen molar-refractivity contribution in [2.75, 3.05) is 11.4 Å². The van der Waals surface area contributed by atoms with E-state index >= 15 is 0 Å². The molecule has 0 bridgehead atoms. The fourth-order valence-electron chi connectivity index (χ4n) is 5.14. The molecule has 0 radical (unpaired) electrons. The van der Waals surface area contributed by atoms with E-state index in [2.05, 4.69) is 41.3 Å². The van der Waals surface area contributed by atoms with Gasteiger partial charge in [0.05, 0.1) is 0 Å². The van der Waals surface area contributed by atoms with Gasteiger partial charge >= 0.3 is 0 Å². The molecule has 0 unspecified atom stereocenters. The fourth-order valence-corrected chi connectivity index (χ4v) is 5.14. The molecule has 144 valence electrons. The van der Waals surface area contributed by atoms with Gasteiger partial charge < -0.3 is 4.90 Å². The molecule has 2 nitrogen and oxygen atoms in total. The summed E-state index contributed by atoms with van der Waals surface area (Å²) in [5.74, 6) is 0.239. The average molecular weight is 384 g/mol. The quantitative estimate of drug-likeness (QED) is 0.549. The maximum Gasteiger partial charge on any atom is 0.163 e. The maximum atomic E-state index is 12.7. The topological polar surface area (TPSA) is 20.3 Å². The number of anilines is 1. The fraction of sp³-hybridized carbons (Fsp3) is 0.458. The van der Waals surface area contributed by atoms with Crippen LogP contribution in [-0.2, 0) is 0 Å². The van der Waals surface area contributed by atoms with E-state index in [9.17, 15) is 4.79 Å². The van der Waals surface area contributed by atoms with E-state index in [1.165, 1.54) is 50.6 Å². The Kier molecular flexibility index (Phi) is 6.26. The number of nitrogens with zero attached hydrogens (tertiary/aromatic N) is 1. The van der Waals surface area contributed by atoms with Crippen molar-refractivity contribution in [3.05, 3.63) is 54.1 Å². The first-order valence-corrected chi connectivity index (χ1v) is 10.2. The zero-order valence-electron chi connectivity index (χ0n) is 16.2. The van der Waals surface area contributed by atoms with Crippen molar-refractivity contribution in [2.24, 2.45) is 0 Å². The molecule has 27 heavy (non-hydrogen) atoms. The van der Waals surface area contributed by atoms with Gasteiger partial charge in [-0.2, -0.15) is 0 Å². The van der Waals surface area contributed by atoms with Crippen LogP contribution >= 0.6 is 12.4 Å². The van der Waals surface area contributed by atoms with Crippen LogP contribution in [0.5, 0.6) is 0 Å². The van der Waals surface area contributed by atoms with Crippen molar-refractivity contribution >= 4 is 23.9 Å². The molecule has 2 aliphatic rings. The second-order valence-electron chi connectivity index (χ2n) is 7.88. The van der Waals surface area contributed by atoms with Gasteiger partial charge in [0.25, 0.3) is 0 Å². The van der Waals surface area contributed by atoms with Crippen molar-refractivity contribution in [3.63, 3.8) is 0 Å². The predicted molar refractivity (Wildman–Crippen MR) is 116 cm³/mol. The molecule has 0 amide bonds. The minimum Gasteiger partial charge on any atom is -0.365 e. The Bertz CT molecular complexity index is 780. The first-order valence-electron chi connectivity index (χ1n) is 10.2. The molecule has 0 atom stereocenters. The highest BCUT2D eigenvalue weighted by Crippen LogP contribution is 2.47. The molecule has 1 saturated carbocycles. The van der Waals surface area contributed by atoms with Crippen molar-refractivity contribution in [1.82, 2.24) is 0 Å². The Morgan fingerprint density at radius 1 is 0.926 bits per heavy atom. The summed E-state index contributed by atoms with van der Waals surface area (Å²) in [6.45, 7) is 3.08. The number of carbonyl (C=O) groups excluding carboxylic acids is 1. The molecule has 1 heterocycles. The Labute approximate surface area is 169 Å². The van der Waals surface area contributed by atoms with E-state index in [-0.39, 0.29) is 18.2 Å². The van der Waals surface area contributed by atoms with Gasteiger partial charge in [-0.05, 0) is 37.3 Å². The molecule has 0 N–H and O–H groups in total. The molecule has 2 aromatic carbocycles. The van der Waals surface area contributed by atoms with Crippen LogP contribution in [0.15, 0.2) is 48.5 Å². The van der Waals surface area contributed by atoms with Crippen LogP contribution in [0.4, 0.5) is 5.69 Å². The highest BCUT2D eigenvalue weighted by Gasteiger charge is 2.42. The maximum absolute atomic E-state index is 12.7. The number of hydrogen-bond donors (Lipinski definition) is 0. The zero-order chi connectivity index (χ0) is 18.0. The molecule has 1 aliphatic heterocycles. The second-order valence-corrected chi connectivity index (χ2v) is 7.88. The zero-order valence-corrected chi connectivity index (χ0v) is 17.1. The Morgan fingerprint density at radius 2 is 1.63 bits per heavy atom. The lowest BCUT2D eigenvalue weighted by Crippen LogP contribution is -2.45. The molecule has 2 fully saturated rings. The van der Waals surface area contributed by atoms with Crippen LogP contribution in [0.3, 0.4) is 0 Å². The van der Waals surface area contributed by atoms with Crippen LogP contribution in [0.2, 0.25) is 0 Å². The molecule has 0 aromatic heterocycles. The summed E-state index contributed by atoms with van der Waals surface area (Å²) in [5, 5.41) is 0. The summed E-state index contributed by atoms with van der Waals surface area (Å²) in [6, 6.07) is 16.8. The van der Waals surface area contributed by atoms with E-state index in [1.807, 2.05) is 19.1 Å². The third-order valence-electron chi connectivity index (χ3n) is 6.40. The number of Topliss-reactive ketones (excluding diaryl/α,β-unsaturated/α-hetero) is 1. The number of hydrogen-bond acceptors (Lipinski definition) is 2. The molecular weight excluding hydrogens is 354 g/mol. The number of carbonyl (C=O) groups is 1. The van der Waals surface area contributed by atoms with Crippen LogP contribution in [0.25, 0.3) is 11.1 Å². The van der Waals surface area contributed by atoms with Crippen LogP contribution in [-0.4, -0.2) is 17.9 Å². The third-order valence-corrected chi connectivity index (χ3v) is 6.40. The third kappa shape index (κ3) is 3.65. The number of ketones is 1. The Morgan fingerprint density at radius 3 is 2.33 bits per heavy atom. The molecule has 1 saturated heterocycles. The SMILES string of the molecule is CCC(=O)c1cccc(N2CCCC23CCCCC3)c1-c1ccccc1.Cl. The average Bonchev–Trinajstić information content (AvgIpc) is 3.10. The van der Waals surface area contributed by atoms with Gasteiger partial charge in [-0.15, -0.1) is 12.4 Å². The lowest BCUT2D eigenvalue weighted by atomic mass is 9.79. The Balaban J connectivity index is 0.00000210. The van der Waals surface area contributed by atoms with Gasteiger partial charge in [0.1, 0.15) is 0 Å². The smallest absolute Gasteiger partial charge is 0.163 e. The van der Waals surface area contributed by atoms with Crippen LogP contribution < -0.4 is 4.90 Å². The molecule has 4 rings (SSSR count). The summed E-state index contributed by atoms with van der Waals surface area (Å²) in [5.41, 5.74) is 4.78. The molecule has 3 heteroatoms. The van der Waals surface area contributed by atoms with Gasteiger partial charge in [0.15, 0.2) is 5.78 Å². The lowest BCUT2D eigenvalue weighted by Gasteiger charge is -2.44. The van der Waals surface area contributed by atoms with Gasteiger partial charge in [0, 0.05) is 35.3 Å². The molecule has 1 spiro atoms. The van der Waals surface area contributed by atoms with Gasteiger partial charge in [-0.1, -0.05) is 68.7 Å². The van der Waals surface area contributed by atoms with Crippen molar-refractivity contribution in [1.29, 1.82) is 0 Å². The highest BCUT2D eigenvalue weighted by molar-refractivity contribution is 6.05. The normalized spacial score (nSPS) is 18.3.